The van der Waals surface area contributed by atoms with Gasteiger partial charge in [-0.3, -0.25) is 14.4 Å². The largest absolute Gasteiger partial charge is 0.394 e. The van der Waals surface area contributed by atoms with Gasteiger partial charge < -0.3 is 20.6 Å². The third kappa shape index (κ3) is 4.83. The molecule has 3 saturated heterocycles. The maximum Gasteiger partial charge on any atom is 0.244 e. The Bertz CT molecular complexity index is 964. The Balaban J connectivity index is 1.64. The Labute approximate surface area is 226 Å². The van der Waals surface area contributed by atoms with Crippen LogP contribution in [0.25, 0.3) is 0 Å². The van der Waals surface area contributed by atoms with Gasteiger partial charge in [-0.2, -0.15) is 0 Å². The molecule has 36 heavy (non-hydrogen) atoms. The van der Waals surface area contributed by atoms with Gasteiger partial charge in [0.05, 0.1) is 29.2 Å². The number of hydrogen-bond donors (Lipinski definition) is 3. The van der Waals surface area contributed by atoms with E-state index in [4.69, 9.17) is 0 Å². The molecule has 0 saturated carbocycles. The lowest BCUT2D eigenvalue weighted by molar-refractivity contribution is -0.143. The Kier molecular flexibility index (Phi) is 8.72. The van der Waals surface area contributed by atoms with E-state index in [9.17, 15) is 19.5 Å². The summed E-state index contributed by atoms with van der Waals surface area (Å²) in [5, 5.41) is 16.3. The Morgan fingerprint density at radius 2 is 1.92 bits per heavy atom. The van der Waals surface area contributed by atoms with Gasteiger partial charge in [-0.1, -0.05) is 79.9 Å². The molecular weight excluding hydrogens is 542 g/mol. The number of benzene rings is 1. The van der Waals surface area contributed by atoms with Crippen molar-refractivity contribution in [2.45, 2.75) is 79.9 Å². The van der Waals surface area contributed by atoms with Gasteiger partial charge in [-0.05, 0) is 24.3 Å². The van der Waals surface area contributed by atoms with Crippen molar-refractivity contribution in [2.75, 3.05) is 13.2 Å². The molecule has 3 aliphatic heterocycles. The Morgan fingerprint density at radius 1 is 1.19 bits per heavy atom. The summed E-state index contributed by atoms with van der Waals surface area (Å²) in [6.45, 7) is 6.76. The second-order valence-electron chi connectivity index (χ2n) is 10.6. The molecular formula is C27H38BrN3O4S. The van der Waals surface area contributed by atoms with E-state index >= 15 is 0 Å². The van der Waals surface area contributed by atoms with Crippen molar-refractivity contribution in [3.05, 3.63) is 35.9 Å². The van der Waals surface area contributed by atoms with Crippen LogP contribution >= 0.6 is 27.7 Å². The molecule has 3 N–H and O–H groups in total. The second-order valence-corrected chi connectivity index (χ2v) is 13.3. The van der Waals surface area contributed by atoms with Crippen molar-refractivity contribution in [1.82, 2.24) is 15.5 Å². The van der Waals surface area contributed by atoms with Crippen molar-refractivity contribution in [1.29, 1.82) is 0 Å². The minimum Gasteiger partial charge on any atom is -0.394 e. The van der Waals surface area contributed by atoms with E-state index in [0.717, 1.165) is 24.8 Å². The summed E-state index contributed by atoms with van der Waals surface area (Å²) in [5.74, 6) is -1.64. The molecule has 3 unspecified atom stereocenters. The summed E-state index contributed by atoms with van der Waals surface area (Å²) < 4.78 is -0.693. The van der Waals surface area contributed by atoms with E-state index in [0.29, 0.717) is 19.5 Å². The number of hydrogen-bond acceptors (Lipinski definition) is 5. The maximum atomic E-state index is 14.1. The lowest BCUT2D eigenvalue weighted by Gasteiger charge is -2.38. The predicted molar refractivity (Wildman–Crippen MR) is 146 cm³/mol. The van der Waals surface area contributed by atoms with Crippen LogP contribution in [0.1, 0.15) is 52.0 Å². The first kappa shape index (κ1) is 27.5. The van der Waals surface area contributed by atoms with Crippen LogP contribution in [0.5, 0.6) is 0 Å². The minimum atomic E-state index is -0.710. The van der Waals surface area contributed by atoms with Crippen LogP contribution < -0.4 is 10.6 Å². The molecule has 4 rings (SSSR count). The fourth-order valence-electron chi connectivity index (χ4n) is 6.23. The zero-order valence-corrected chi connectivity index (χ0v) is 23.7. The quantitative estimate of drug-likeness (QED) is 0.276. The molecule has 3 amide bonds. The number of nitrogens with one attached hydrogen (secondary N) is 2. The smallest absolute Gasteiger partial charge is 0.244 e. The highest BCUT2D eigenvalue weighted by atomic mass is 79.9. The number of amides is 3. The van der Waals surface area contributed by atoms with Crippen LogP contribution in [0, 0.1) is 17.8 Å². The minimum absolute atomic E-state index is 0.0287. The fraction of sp³-hybridized carbons (Fsp3) is 0.667. The first-order valence-electron chi connectivity index (χ1n) is 13.1. The van der Waals surface area contributed by atoms with Gasteiger partial charge in [-0.15, -0.1) is 11.8 Å². The molecule has 3 fully saturated rings. The predicted octanol–water partition coefficient (Wildman–Crippen LogP) is 3.09. The molecule has 7 nitrogen and oxygen atoms in total. The van der Waals surface area contributed by atoms with Crippen LogP contribution in [0.3, 0.4) is 0 Å². The summed E-state index contributed by atoms with van der Waals surface area (Å²) in [6.07, 6.45) is 3.60. The van der Waals surface area contributed by atoms with Gasteiger partial charge in [0.2, 0.25) is 17.7 Å². The number of rotatable bonds is 11. The highest BCUT2D eigenvalue weighted by Crippen LogP contribution is 2.68. The van der Waals surface area contributed by atoms with Crippen LogP contribution in [-0.4, -0.2) is 67.8 Å². The highest BCUT2D eigenvalue weighted by molar-refractivity contribution is 9.09. The van der Waals surface area contributed by atoms with Crippen molar-refractivity contribution in [2.24, 2.45) is 17.8 Å². The van der Waals surface area contributed by atoms with E-state index in [1.807, 2.05) is 44.2 Å². The number of aliphatic hydroxyl groups is 1. The SMILES string of the molecule is CCCCCNC(=O)C1N([C@@H](CO)C(C)C)C(=O)[C@@H]2[C@@H](C(=O)NCc3ccccc3)[C@@H]3SC12CC3Br. The van der Waals surface area contributed by atoms with E-state index in [2.05, 4.69) is 33.5 Å². The number of aliphatic hydroxyl groups excluding tert-OH is 1. The number of unbranched alkanes of at least 4 members (excludes halogenated alkanes) is 2. The molecule has 1 aromatic carbocycles. The molecule has 1 spiro atoms. The lowest BCUT2D eigenvalue weighted by atomic mass is 9.70. The lowest BCUT2D eigenvalue weighted by Crippen LogP contribution is -2.58. The Morgan fingerprint density at radius 3 is 2.56 bits per heavy atom. The third-order valence-electron chi connectivity index (χ3n) is 7.98. The highest BCUT2D eigenvalue weighted by Gasteiger charge is 2.76. The topological polar surface area (TPSA) is 98.7 Å². The van der Waals surface area contributed by atoms with Crippen LogP contribution in [0.4, 0.5) is 0 Å². The fourth-order valence-corrected chi connectivity index (χ4v) is 9.83. The van der Waals surface area contributed by atoms with Crippen molar-refractivity contribution >= 4 is 45.4 Å². The molecule has 198 valence electrons. The van der Waals surface area contributed by atoms with Gasteiger partial charge in [0.15, 0.2) is 0 Å². The molecule has 0 radical (unpaired) electrons. The van der Waals surface area contributed by atoms with Crippen LogP contribution in [0.15, 0.2) is 30.3 Å². The molecule has 2 bridgehead atoms. The second kappa shape index (κ2) is 11.4. The van der Waals surface area contributed by atoms with Crippen LogP contribution in [-0.2, 0) is 20.9 Å². The summed E-state index contributed by atoms with van der Waals surface area (Å²) in [6, 6.07) is 8.52. The number of fused-ring (bicyclic) bond motifs is 1. The number of thioether (sulfide) groups is 1. The summed E-state index contributed by atoms with van der Waals surface area (Å²) in [4.78, 5) is 43.0. The van der Waals surface area contributed by atoms with Crippen molar-refractivity contribution in [3.63, 3.8) is 0 Å². The first-order valence-corrected chi connectivity index (χ1v) is 14.9. The molecule has 7 atom stereocenters. The van der Waals surface area contributed by atoms with E-state index < -0.39 is 28.7 Å². The average molecular weight is 581 g/mol. The number of halogens is 1. The van der Waals surface area contributed by atoms with Gasteiger partial charge in [0, 0.05) is 23.2 Å². The number of alkyl halides is 1. The number of likely N-dealkylation sites (tertiary alicyclic amines) is 1. The van der Waals surface area contributed by atoms with E-state index in [-0.39, 0.29) is 40.3 Å². The van der Waals surface area contributed by atoms with Gasteiger partial charge in [0.25, 0.3) is 0 Å². The molecule has 0 aromatic heterocycles. The molecule has 0 aliphatic carbocycles. The number of carbonyl (C=O) groups is 3. The molecule has 1 aromatic rings. The average Bonchev–Trinajstić information content (AvgIpc) is 3.45. The third-order valence-corrected chi connectivity index (χ3v) is 11.2. The number of carbonyl (C=O) groups excluding carboxylic acids is 3. The zero-order valence-electron chi connectivity index (χ0n) is 21.3. The summed E-state index contributed by atoms with van der Waals surface area (Å²) >= 11 is 5.42. The zero-order chi connectivity index (χ0) is 26.0. The normalized spacial score (nSPS) is 31.6. The van der Waals surface area contributed by atoms with Gasteiger partial charge in [0.1, 0.15) is 6.04 Å². The summed E-state index contributed by atoms with van der Waals surface area (Å²) in [7, 11) is 0. The molecule has 9 heteroatoms. The van der Waals surface area contributed by atoms with E-state index in [1.165, 1.54) is 0 Å². The van der Waals surface area contributed by atoms with Crippen molar-refractivity contribution < 1.29 is 19.5 Å². The first-order chi connectivity index (χ1) is 17.3. The Hall–Kier alpha value is -1.58. The van der Waals surface area contributed by atoms with E-state index in [1.54, 1.807) is 16.7 Å². The van der Waals surface area contributed by atoms with Gasteiger partial charge in [-0.25, -0.2) is 0 Å². The van der Waals surface area contributed by atoms with Crippen LogP contribution in [0.2, 0.25) is 0 Å². The molecule has 3 heterocycles. The van der Waals surface area contributed by atoms with Gasteiger partial charge >= 0.3 is 0 Å². The standard InChI is InChI=1S/C27H38BrN3O4S/c1-4-5-9-12-29-25(34)23-27-13-18(28)22(36-27)20(24(33)30-14-17-10-7-6-8-11-17)21(27)26(35)31(23)19(15-32)16(2)3/h6-8,10-11,16,18-23,32H,4-5,9,12-15H2,1-3H3,(H,29,34)(H,30,33)/t18?,19-,20+,21-,22+,23?,27?/m0/s1. The van der Waals surface area contributed by atoms with Crippen molar-refractivity contribution in [3.8, 4) is 0 Å². The maximum absolute atomic E-state index is 14.1. The number of nitrogens with zero attached hydrogens (tertiary/aromatic N) is 1. The monoisotopic (exact) mass is 579 g/mol. The summed E-state index contributed by atoms with van der Waals surface area (Å²) in [5.41, 5.74) is 0.996. The molecule has 3 aliphatic rings.